The van der Waals surface area contributed by atoms with E-state index in [1.807, 2.05) is 40.1 Å². The Morgan fingerprint density at radius 3 is 2.71 bits per heavy atom. The third-order valence-electron chi connectivity index (χ3n) is 6.74. The molecule has 2 atom stereocenters. The lowest BCUT2D eigenvalue weighted by molar-refractivity contribution is -0.141. The van der Waals surface area contributed by atoms with Crippen LogP contribution in [0.5, 0.6) is 0 Å². The van der Waals surface area contributed by atoms with E-state index in [1.54, 1.807) is 6.20 Å². The summed E-state index contributed by atoms with van der Waals surface area (Å²) in [5, 5.41) is 0.968. The molecule has 3 aliphatic heterocycles. The number of fused-ring (bicyclic) bond motifs is 2. The Kier molecular flexibility index (Phi) is 4.12. The molecule has 0 unspecified atom stereocenters. The summed E-state index contributed by atoms with van der Waals surface area (Å²) in [6, 6.07) is 9.53. The van der Waals surface area contributed by atoms with Gasteiger partial charge in [0.25, 0.3) is 5.91 Å². The molecule has 6 heteroatoms. The van der Waals surface area contributed by atoms with Crippen LogP contribution in [0, 0.1) is 11.3 Å². The lowest BCUT2D eigenvalue weighted by Gasteiger charge is -2.32. The van der Waals surface area contributed by atoms with Gasteiger partial charge in [-0.25, -0.2) is 0 Å². The summed E-state index contributed by atoms with van der Waals surface area (Å²) >= 11 is 0. The van der Waals surface area contributed by atoms with E-state index in [0.29, 0.717) is 18.7 Å². The quantitative estimate of drug-likeness (QED) is 0.801. The lowest BCUT2D eigenvalue weighted by atomic mass is 9.79. The van der Waals surface area contributed by atoms with Crippen molar-refractivity contribution in [1.29, 1.82) is 0 Å². The monoisotopic (exact) mass is 378 g/mol. The molecule has 28 heavy (non-hydrogen) atoms. The van der Waals surface area contributed by atoms with Crippen LogP contribution in [0.25, 0.3) is 10.9 Å². The molecule has 3 fully saturated rings. The van der Waals surface area contributed by atoms with Crippen LogP contribution in [0.15, 0.2) is 36.5 Å². The third kappa shape index (κ3) is 2.70. The first-order valence-corrected chi connectivity index (χ1v) is 10.2. The topological polar surface area (TPSA) is 56.8 Å². The molecule has 3 saturated heterocycles. The van der Waals surface area contributed by atoms with Crippen LogP contribution in [0.4, 0.5) is 0 Å². The Labute approximate surface area is 165 Å². The lowest BCUT2D eigenvalue weighted by Crippen LogP contribution is -2.48. The van der Waals surface area contributed by atoms with Gasteiger partial charge >= 0.3 is 0 Å². The van der Waals surface area contributed by atoms with E-state index >= 15 is 0 Å². The zero-order valence-electron chi connectivity index (χ0n) is 16.3. The first kappa shape index (κ1) is 17.6. The predicted molar refractivity (Wildman–Crippen MR) is 107 cm³/mol. The van der Waals surface area contributed by atoms with E-state index in [1.165, 1.54) is 0 Å². The molecular weight excluding hydrogens is 352 g/mol. The fourth-order valence-corrected chi connectivity index (χ4v) is 5.40. The molecule has 146 valence electrons. The van der Waals surface area contributed by atoms with Gasteiger partial charge in [-0.3, -0.25) is 14.6 Å². The van der Waals surface area contributed by atoms with Crippen molar-refractivity contribution in [2.75, 3.05) is 46.3 Å². The van der Waals surface area contributed by atoms with Gasteiger partial charge in [-0.2, -0.15) is 0 Å². The van der Waals surface area contributed by atoms with Crippen LogP contribution in [-0.2, 0) is 4.79 Å². The zero-order chi connectivity index (χ0) is 19.3. The largest absolute Gasteiger partial charge is 0.342 e. The molecule has 2 aromatic rings. The van der Waals surface area contributed by atoms with Crippen molar-refractivity contribution < 1.29 is 9.59 Å². The summed E-state index contributed by atoms with van der Waals surface area (Å²) in [7, 11) is 2.08. The molecule has 0 spiro atoms. The van der Waals surface area contributed by atoms with E-state index in [0.717, 1.165) is 49.9 Å². The molecule has 6 nitrogen and oxygen atoms in total. The van der Waals surface area contributed by atoms with E-state index in [2.05, 4.69) is 16.9 Å². The van der Waals surface area contributed by atoms with Gasteiger partial charge in [0.15, 0.2) is 0 Å². The SMILES string of the molecule is CN1C[C@H]2CN(C(=O)c3ccc4ncccc4c3)C[C@@]2(C(=O)N2CCCC2)C1. The number of carbonyl (C=O) groups is 2. The van der Waals surface area contributed by atoms with Crippen molar-refractivity contribution in [2.24, 2.45) is 11.3 Å². The summed E-state index contributed by atoms with van der Waals surface area (Å²) in [4.78, 5) is 37.2. The fraction of sp³-hybridized carbons (Fsp3) is 0.500. The Hall–Kier alpha value is -2.47. The molecule has 0 bridgehead atoms. The van der Waals surface area contributed by atoms with Gasteiger partial charge in [-0.15, -0.1) is 0 Å². The number of nitrogens with zero attached hydrogens (tertiary/aromatic N) is 4. The summed E-state index contributed by atoms with van der Waals surface area (Å²) < 4.78 is 0. The normalized spacial score (nSPS) is 27.5. The Morgan fingerprint density at radius 1 is 1.07 bits per heavy atom. The van der Waals surface area contributed by atoms with Gasteiger partial charge in [0.05, 0.1) is 10.9 Å². The first-order chi connectivity index (χ1) is 13.6. The molecule has 2 amide bonds. The number of hydrogen-bond donors (Lipinski definition) is 0. The van der Waals surface area contributed by atoms with Crippen LogP contribution >= 0.6 is 0 Å². The van der Waals surface area contributed by atoms with Crippen molar-refractivity contribution in [3.05, 3.63) is 42.1 Å². The summed E-state index contributed by atoms with van der Waals surface area (Å²) in [5.41, 5.74) is 1.13. The van der Waals surface area contributed by atoms with E-state index in [9.17, 15) is 9.59 Å². The van der Waals surface area contributed by atoms with Crippen molar-refractivity contribution in [3.8, 4) is 0 Å². The minimum absolute atomic E-state index is 0.0244. The van der Waals surface area contributed by atoms with Gasteiger partial charge in [-0.1, -0.05) is 6.07 Å². The predicted octanol–water partition coefficient (Wildman–Crippen LogP) is 1.86. The number of pyridine rings is 1. The standard InChI is InChI=1S/C22H26N4O2/c1-24-12-18-13-26(15-22(18,14-24)21(28)25-9-2-3-10-25)20(27)17-6-7-19-16(11-17)5-4-8-23-19/h4-8,11,18H,2-3,9-10,12-15H2,1H3/t18-,22-/m0/s1. The highest BCUT2D eigenvalue weighted by Gasteiger charge is 2.58. The molecular formula is C22H26N4O2. The maximum atomic E-state index is 13.4. The van der Waals surface area contributed by atoms with Crippen molar-refractivity contribution >= 4 is 22.7 Å². The van der Waals surface area contributed by atoms with Crippen LogP contribution in [0.1, 0.15) is 23.2 Å². The van der Waals surface area contributed by atoms with Crippen molar-refractivity contribution in [1.82, 2.24) is 19.7 Å². The maximum absolute atomic E-state index is 13.4. The molecule has 0 aliphatic carbocycles. The second kappa shape index (κ2) is 6.55. The first-order valence-electron chi connectivity index (χ1n) is 10.2. The van der Waals surface area contributed by atoms with Crippen LogP contribution in [0.2, 0.25) is 0 Å². The highest BCUT2D eigenvalue weighted by molar-refractivity contribution is 5.99. The second-order valence-corrected chi connectivity index (χ2v) is 8.65. The third-order valence-corrected chi connectivity index (χ3v) is 6.74. The number of hydrogen-bond acceptors (Lipinski definition) is 4. The summed E-state index contributed by atoms with van der Waals surface area (Å²) in [6.45, 7) is 4.55. The summed E-state index contributed by atoms with van der Waals surface area (Å²) in [6.07, 6.45) is 3.95. The van der Waals surface area contributed by atoms with Crippen molar-refractivity contribution in [2.45, 2.75) is 12.8 Å². The highest BCUT2D eigenvalue weighted by atomic mass is 16.2. The van der Waals surface area contributed by atoms with Gasteiger partial charge in [-0.05, 0) is 44.2 Å². The molecule has 0 N–H and O–H groups in total. The van der Waals surface area contributed by atoms with E-state index in [-0.39, 0.29) is 17.7 Å². The highest BCUT2D eigenvalue weighted by Crippen LogP contribution is 2.44. The van der Waals surface area contributed by atoms with Gasteiger partial charge < -0.3 is 14.7 Å². The number of benzene rings is 1. The number of aromatic nitrogens is 1. The molecule has 1 aromatic carbocycles. The molecule has 4 heterocycles. The Bertz CT molecular complexity index is 939. The van der Waals surface area contributed by atoms with Gasteiger partial charge in [0.2, 0.25) is 5.91 Å². The Morgan fingerprint density at radius 2 is 1.89 bits per heavy atom. The summed E-state index contributed by atoms with van der Waals surface area (Å²) in [5.74, 6) is 0.505. The Balaban J connectivity index is 1.42. The minimum Gasteiger partial charge on any atom is -0.342 e. The molecule has 5 rings (SSSR count). The number of amides is 2. The van der Waals surface area contributed by atoms with Gasteiger partial charge in [0.1, 0.15) is 0 Å². The number of carbonyl (C=O) groups excluding carboxylic acids is 2. The fourth-order valence-electron chi connectivity index (χ4n) is 5.40. The molecule has 0 saturated carbocycles. The molecule has 1 aromatic heterocycles. The molecule has 0 radical (unpaired) electrons. The average molecular weight is 378 g/mol. The second-order valence-electron chi connectivity index (χ2n) is 8.65. The number of rotatable bonds is 2. The van der Waals surface area contributed by atoms with E-state index in [4.69, 9.17) is 0 Å². The van der Waals surface area contributed by atoms with E-state index < -0.39 is 5.41 Å². The molecule has 3 aliphatic rings. The average Bonchev–Trinajstić information content (AvgIpc) is 3.41. The van der Waals surface area contributed by atoms with Crippen LogP contribution in [0.3, 0.4) is 0 Å². The van der Waals surface area contributed by atoms with Crippen molar-refractivity contribution in [3.63, 3.8) is 0 Å². The van der Waals surface area contributed by atoms with Gasteiger partial charge in [0, 0.05) is 62.3 Å². The zero-order valence-corrected chi connectivity index (χ0v) is 16.3. The smallest absolute Gasteiger partial charge is 0.253 e. The number of likely N-dealkylation sites (tertiary alicyclic amines) is 3. The van der Waals surface area contributed by atoms with Crippen LogP contribution < -0.4 is 0 Å². The van der Waals surface area contributed by atoms with Crippen LogP contribution in [-0.4, -0.2) is 77.8 Å². The maximum Gasteiger partial charge on any atom is 0.253 e. The minimum atomic E-state index is -0.437.